The molecular weight excluding hydrogens is 275 g/mol. The van der Waals surface area contributed by atoms with Crippen LogP contribution in [0.25, 0.3) is 0 Å². The van der Waals surface area contributed by atoms with Crippen molar-refractivity contribution in [1.82, 2.24) is 0 Å². The molecule has 0 aliphatic rings. The first-order chi connectivity index (χ1) is 6.25. The van der Waals surface area contributed by atoms with E-state index in [2.05, 4.69) is 29.2 Å². The van der Waals surface area contributed by atoms with E-state index in [0.717, 1.165) is 22.0 Å². The van der Waals surface area contributed by atoms with Gasteiger partial charge in [0.2, 0.25) is 0 Å². The lowest BCUT2D eigenvalue weighted by Gasteiger charge is -2.11. The van der Waals surface area contributed by atoms with Crippen LogP contribution in [0.15, 0.2) is 36.9 Å². The third-order valence-electron chi connectivity index (χ3n) is 1.91. The van der Waals surface area contributed by atoms with Crippen molar-refractivity contribution >= 4 is 22.6 Å². The number of aliphatic hydroxyl groups is 1. The molecule has 2 heteroatoms. The Balaban J connectivity index is 2.70. The molecule has 13 heavy (non-hydrogen) atoms. The maximum Gasteiger partial charge on any atom is 0.0803 e. The van der Waals surface area contributed by atoms with Crippen LogP contribution in [-0.2, 0) is 0 Å². The second kappa shape index (κ2) is 5.40. The van der Waals surface area contributed by atoms with Crippen LogP contribution in [0, 0.1) is 3.57 Å². The zero-order valence-electron chi connectivity index (χ0n) is 7.41. The topological polar surface area (TPSA) is 20.2 Å². The van der Waals surface area contributed by atoms with Gasteiger partial charge in [0.05, 0.1) is 6.10 Å². The van der Waals surface area contributed by atoms with E-state index in [1.54, 1.807) is 0 Å². The fourth-order valence-electron chi connectivity index (χ4n) is 1.18. The van der Waals surface area contributed by atoms with Gasteiger partial charge in [-0.1, -0.05) is 24.3 Å². The van der Waals surface area contributed by atoms with Gasteiger partial charge in [-0.3, -0.25) is 0 Å². The second-order valence-corrected chi connectivity index (χ2v) is 4.07. The molecule has 70 valence electrons. The van der Waals surface area contributed by atoms with Gasteiger partial charge in [0.1, 0.15) is 0 Å². The van der Waals surface area contributed by atoms with Crippen LogP contribution in [-0.4, -0.2) is 5.11 Å². The Morgan fingerprint density at radius 1 is 1.46 bits per heavy atom. The Kier molecular flexibility index (Phi) is 4.45. The summed E-state index contributed by atoms with van der Waals surface area (Å²) >= 11 is 2.24. The summed E-state index contributed by atoms with van der Waals surface area (Å²) in [5, 5.41) is 9.78. The van der Waals surface area contributed by atoms with Crippen molar-refractivity contribution < 1.29 is 5.11 Å². The highest BCUT2D eigenvalue weighted by Gasteiger charge is 2.08. The number of halogens is 1. The minimum Gasteiger partial charge on any atom is -0.388 e. The van der Waals surface area contributed by atoms with Gasteiger partial charge in [-0.25, -0.2) is 0 Å². The van der Waals surface area contributed by atoms with Crippen LogP contribution in [0.2, 0.25) is 0 Å². The summed E-state index contributed by atoms with van der Waals surface area (Å²) in [4.78, 5) is 0. The average molecular weight is 288 g/mol. The predicted octanol–water partition coefficient (Wildman–Crippen LogP) is 3.29. The molecular formula is C11H13IO. The third kappa shape index (κ3) is 3.12. The summed E-state index contributed by atoms with van der Waals surface area (Å²) in [7, 11) is 0. The molecule has 1 rings (SSSR count). The molecule has 0 saturated heterocycles. The summed E-state index contributed by atoms with van der Waals surface area (Å²) in [6.07, 6.45) is 3.08. The summed E-state index contributed by atoms with van der Waals surface area (Å²) in [5.74, 6) is 0. The van der Waals surface area contributed by atoms with E-state index in [0.29, 0.717) is 0 Å². The molecule has 0 amide bonds. The Labute approximate surface area is 92.6 Å². The van der Waals surface area contributed by atoms with Crippen molar-refractivity contribution in [2.75, 3.05) is 0 Å². The van der Waals surface area contributed by atoms with E-state index in [-0.39, 0.29) is 6.10 Å². The van der Waals surface area contributed by atoms with Crippen molar-refractivity contribution in [3.8, 4) is 0 Å². The highest BCUT2D eigenvalue weighted by atomic mass is 127. The molecule has 1 aromatic rings. The molecule has 1 unspecified atom stereocenters. The lowest BCUT2D eigenvalue weighted by Crippen LogP contribution is -1.98. The van der Waals surface area contributed by atoms with Gasteiger partial charge < -0.3 is 5.11 Å². The molecule has 0 fully saturated rings. The minimum atomic E-state index is -0.355. The smallest absolute Gasteiger partial charge is 0.0803 e. The van der Waals surface area contributed by atoms with Crippen molar-refractivity contribution in [2.24, 2.45) is 0 Å². The summed E-state index contributed by atoms with van der Waals surface area (Å²) in [6.45, 7) is 3.64. The van der Waals surface area contributed by atoms with E-state index >= 15 is 0 Å². The fourth-order valence-corrected chi connectivity index (χ4v) is 1.92. The number of hydrogen-bond acceptors (Lipinski definition) is 1. The number of rotatable bonds is 4. The van der Waals surface area contributed by atoms with Gasteiger partial charge in [-0.05, 0) is 47.1 Å². The Bertz CT molecular complexity index is 283. The van der Waals surface area contributed by atoms with Crippen molar-refractivity contribution in [1.29, 1.82) is 0 Å². The third-order valence-corrected chi connectivity index (χ3v) is 2.89. The van der Waals surface area contributed by atoms with E-state index in [9.17, 15) is 5.11 Å². The van der Waals surface area contributed by atoms with E-state index < -0.39 is 0 Å². The van der Waals surface area contributed by atoms with Gasteiger partial charge in [-0.15, -0.1) is 6.58 Å². The van der Waals surface area contributed by atoms with Crippen LogP contribution in [0.4, 0.5) is 0 Å². The number of benzene rings is 1. The molecule has 0 aliphatic carbocycles. The highest BCUT2D eigenvalue weighted by molar-refractivity contribution is 14.1. The first-order valence-electron chi connectivity index (χ1n) is 4.29. The quantitative estimate of drug-likeness (QED) is 0.666. The fraction of sp³-hybridized carbons (Fsp3) is 0.273. The molecule has 0 aromatic heterocycles. The van der Waals surface area contributed by atoms with E-state index in [1.165, 1.54) is 0 Å². The zero-order chi connectivity index (χ0) is 9.68. The summed E-state index contributed by atoms with van der Waals surface area (Å²) in [6, 6.07) is 7.91. The number of hydrogen-bond donors (Lipinski definition) is 1. The summed E-state index contributed by atoms with van der Waals surface area (Å²) < 4.78 is 1.12. The van der Waals surface area contributed by atoms with E-state index in [4.69, 9.17) is 0 Å². The van der Waals surface area contributed by atoms with Crippen LogP contribution in [0.3, 0.4) is 0 Å². The standard InChI is InChI=1S/C11H13IO/c1-2-3-8-11(13)9-6-4-5-7-10(9)12/h2,4-7,11,13H,1,3,8H2. The lowest BCUT2D eigenvalue weighted by atomic mass is 10.1. The first kappa shape index (κ1) is 10.7. The van der Waals surface area contributed by atoms with Crippen molar-refractivity contribution in [3.05, 3.63) is 46.1 Å². The van der Waals surface area contributed by atoms with E-state index in [1.807, 2.05) is 30.3 Å². The van der Waals surface area contributed by atoms with Gasteiger partial charge >= 0.3 is 0 Å². The van der Waals surface area contributed by atoms with Crippen molar-refractivity contribution in [2.45, 2.75) is 18.9 Å². The van der Waals surface area contributed by atoms with Gasteiger partial charge in [0.25, 0.3) is 0 Å². The Morgan fingerprint density at radius 3 is 2.77 bits per heavy atom. The Hall–Kier alpha value is -0.350. The highest BCUT2D eigenvalue weighted by Crippen LogP contribution is 2.23. The first-order valence-corrected chi connectivity index (χ1v) is 5.37. The molecule has 0 radical (unpaired) electrons. The molecule has 1 nitrogen and oxygen atoms in total. The van der Waals surface area contributed by atoms with Gasteiger partial charge in [0.15, 0.2) is 0 Å². The molecule has 0 spiro atoms. The van der Waals surface area contributed by atoms with Crippen LogP contribution in [0.1, 0.15) is 24.5 Å². The van der Waals surface area contributed by atoms with Crippen LogP contribution >= 0.6 is 22.6 Å². The maximum absolute atomic E-state index is 9.78. The lowest BCUT2D eigenvalue weighted by molar-refractivity contribution is 0.168. The monoisotopic (exact) mass is 288 g/mol. The molecule has 0 bridgehead atoms. The molecule has 0 aliphatic heterocycles. The molecule has 1 aromatic carbocycles. The molecule has 1 N–H and O–H groups in total. The molecule has 1 atom stereocenters. The predicted molar refractivity (Wildman–Crippen MR) is 63.5 cm³/mol. The minimum absolute atomic E-state index is 0.355. The van der Waals surface area contributed by atoms with Crippen molar-refractivity contribution in [3.63, 3.8) is 0 Å². The molecule has 0 saturated carbocycles. The maximum atomic E-state index is 9.78. The van der Waals surface area contributed by atoms with Crippen LogP contribution < -0.4 is 0 Å². The number of allylic oxidation sites excluding steroid dienone is 1. The van der Waals surface area contributed by atoms with Gasteiger partial charge in [-0.2, -0.15) is 0 Å². The van der Waals surface area contributed by atoms with Crippen LogP contribution in [0.5, 0.6) is 0 Å². The zero-order valence-corrected chi connectivity index (χ0v) is 9.57. The largest absolute Gasteiger partial charge is 0.388 e. The molecule has 0 heterocycles. The normalized spacial score (nSPS) is 12.5. The second-order valence-electron chi connectivity index (χ2n) is 2.90. The SMILES string of the molecule is C=CCCC(O)c1ccccc1I. The number of aliphatic hydroxyl groups excluding tert-OH is 1. The Morgan fingerprint density at radius 2 is 2.15 bits per heavy atom. The van der Waals surface area contributed by atoms with Gasteiger partial charge in [0, 0.05) is 3.57 Å². The summed E-state index contributed by atoms with van der Waals surface area (Å²) in [5.41, 5.74) is 1.02. The average Bonchev–Trinajstić information content (AvgIpc) is 2.15.